The van der Waals surface area contributed by atoms with Crippen LogP contribution in [0.4, 0.5) is 5.69 Å². The van der Waals surface area contributed by atoms with E-state index >= 15 is 0 Å². The lowest BCUT2D eigenvalue weighted by atomic mass is 10.1. The second-order valence-electron chi connectivity index (χ2n) is 6.18. The maximum absolute atomic E-state index is 12.4. The number of benzene rings is 3. The third-order valence-electron chi connectivity index (χ3n) is 4.06. The number of carbonyl (C=O) groups excluding carboxylic acids is 1. The molecule has 3 aromatic rings. The fraction of sp³-hybridized carbons (Fsp3) is 0.0435. The topological polar surface area (TPSA) is 62.1 Å². The lowest BCUT2D eigenvalue weighted by Crippen LogP contribution is -2.13. The van der Waals surface area contributed by atoms with Crippen molar-refractivity contribution in [2.24, 2.45) is 0 Å². The van der Waals surface area contributed by atoms with Crippen LogP contribution in [0.25, 0.3) is 6.08 Å². The highest BCUT2D eigenvalue weighted by Crippen LogP contribution is 2.36. The van der Waals surface area contributed by atoms with Gasteiger partial charge < -0.3 is 10.1 Å². The van der Waals surface area contributed by atoms with Crippen LogP contribution in [0, 0.1) is 11.3 Å². The van der Waals surface area contributed by atoms with Gasteiger partial charge in [-0.1, -0.05) is 48.0 Å². The number of amides is 1. The molecule has 0 bridgehead atoms. The van der Waals surface area contributed by atoms with Crippen LogP contribution in [0.1, 0.15) is 11.1 Å². The first kappa shape index (κ1) is 22.1. The summed E-state index contributed by atoms with van der Waals surface area (Å²) in [6, 6.07) is 21.9. The molecule has 0 aromatic heterocycles. The number of ether oxygens (including phenoxy) is 1. The fourth-order valence-corrected chi connectivity index (χ4v) is 4.24. The van der Waals surface area contributed by atoms with Crippen molar-refractivity contribution in [3.8, 4) is 11.8 Å². The number of nitrogens with one attached hydrogen (secondary N) is 1. The van der Waals surface area contributed by atoms with Crippen LogP contribution < -0.4 is 10.1 Å². The monoisotopic (exact) mass is 544 g/mol. The summed E-state index contributed by atoms with van der Waals surface area (Å²) in [4.78, 5) is 12.4. The summed E-state index contributed by atoms with van der Waals surface area (Å²) in [5.74, 6) is 0.120. The van der Waals surface area contributed by atoms with Crippen molar-refractivity contribution in [2.75, 3.05) is 5.32 Å². The van der Waals surface area contributed by atoms with Crippen molar-refractivity contribution >= 4 is 61.1 Å². The van der Waals surface area contributed by atoms with Crippen LogP contribution in [-0.4, -0.2) is 5.91 Å². The van der Waals surface area contributed by atoms with Gasteiger partial charge in [0.25, 0.3) is 5.91 Å². The molecular formula is C23H15Br2ClN2O2. The number of nitriles is 1. The minimum absolute atomic E-state index is 0.0117. The molecule has 0 unspecified atom stereocenters. The smallest absolute Gasteiger partial charge is 0.266 e. The Hall–Kier alpha value is -2.59. The number of hydrogen-bond acceptors (Lipinski definition) is 3. The Bertz CT molecular complexity index is 1120. The maximum Gasteiger partial charge on any atom is 0.266 e. The zero-order valence-corrected chi connectivity index (χ0v) is 19.5. The number of nitrogens with zero attached hydrogens (tertiary/aromatic N) is 1. The van der Waals surface area contributed by atoms with Gasteiger partial charge in [-0.3, -0.25) is 4.79 Å². The Kier molecular flexibility index (Phi) is 7.69. The molecule has 0 aliphatic carbocycles. The summed E-state index contributed by atoms with van der Waals surface area (Å²) in [6.45, 7) is 0.301. The quantitative estimate of drug-likeness (QED) is 0.268. The second kappa shape index (κ2) is 10.4. The van der Waals surface area contributed by atoms with Crippen molar-refractivity contribution in [1.29, 1.82) is 5.26 Å². The zero-order valence-electron chi connectivity index (χ0n) is 15.5. The molecule has 0 saturated heterocycles. The lowest BCUT2D eigenvalue weighted by molar-refractivity contribution is -0.112. The number of hydrogen-bond donors (Lipinski definition) is 1. The van der Waals surface area contributed by atoms with E-state index in [0.717, 1.165) is 5.56 Å². The van der Waals surface area contributed by atoms with Gasteiger partial charge in [0, 0.05) is 16.3 Å². The molecule has 30 heavy (non-hydrogen) atoms. The van der Waals surface area contributed by atoms with Gasteiger partial charge in [0.15, 0.2) is 0 Å². The van der Waals surface area contributed by atoms with E-state index in [1.54, 1.807) is 36.4 Å². The van der Waals surface area contributed by atoms with E-state index in [1.165, 1.54) is 6.08 Å². The van der Waals surface area contributed by atoms with E-state index in [9.17, 15) is 10.1 Å². The molecule has 0 aliphatic heterocycles. The van der Waals surface area contributed by atoms with E-state index in [2.05, 4.69) is 37.2 Å². The van der Waals surface area contributed by atoms with Crippen LogP contribution in [0.3, 0.4) is 0 Å². The average Bonchev–Trinajstić information content (AvgIpc) is 2.73. The van der Waals surface area contributed by atoms with Crippen molar-refractivity contribution in [1.82, 2.24) is 0 Å². The molecule has 0 saturated carbocycles. The Morgan fingerprint density at radius 1 is 1.07 bits per heavy atom. The first-order valence-corrected chi connectivity index (χ1v) is 10.8. The van der Waals surface area contributed by atoms with Crippen LogP contribution in [0.2, 0.25) is 5.02 Å². The maximum atomic E-state index is 12.4. The first-order chi connectivity index (χ1) is 14.5. The molecule has 0 fully saturated rings. The Labute approximate surface area is 196 Å². The zero-order chi connectivity index (χ0) is 21.5. The molecule has 0 radical (unpaired) electrons. The van der Waals surface area contributed by atoms with Crippen molar-refractivity contribution in [3.05, 3.63) is 97.4 Å². The first-order valence-electron chi connectivity index (χ1n) is 8.81. The molecule has 150 valence electrons. The largest absolute Gasteiger partial charge is 0.486 e. The molecule has 3 rings (SSSR count). The third-order valence-corrected chi connectivity index (χ3v) is 5.61. The Morgan fingerprint density at radius 2 is 1.70 bits per heavy atom. The Balaban J connectivity index is 1.78. The minimum Gasteiger partial charge on any atom is -0.486 e. The number of para-hydroxylation sites is 1. The molecule has 1 amide bonds. The summed E-state index contributed by atoms with van der Waals surface area (Å²) in [7, 11) is 0. The molecule has 0 aliphatic rings. The van der Waals surface area contributed by atoms with Gasteiger partial charge in [0.05, 0.1) is 8.95 Å². The normalized spacial score (nSPS) is 10.9. The van der Waals surface area contributed by atoms with Gasteiger partial charge >= 0.3 is 0 Å². The highest BCUT2D eigenvalue weighted by Gasteiger charge is 2.13. The number of halogens is 3. The van der Waals surface area contributed by atoms with Gasteiger partial charge in [0.1, 0.15) is 24.0 Å². The fourth-order valence-electron chi connectivity index (χ4n) is 2.60. The summed E-state index contributed by atoms with van der Waals surface area (Å²) in [5.41, 5.74) is 2.14. The van der Waals surface area contributed by atoms with Crippen LogP contribution in [0.15, 0.2) is 81.2 Å². The standard InChI is InChI=1S/C23H15Br2ClN2O2/c24-19-11-15(10-17(13-27)23(29)28-18-7-2-1-3-8-18)12-20(25)22(19)30-14-16-6-4-5-9-21(16)26/h1-12H,14H2,(H,28,29)/b17-10-. The van der Waals surface area contributed by atoms with E-state index in [0.29, 0.717) is 37.6 Å². The van der Waals surface area contributed by atoms with Gasteiger partial charge in [-0.25, -0.2) is 0 Å². The number of anilines is 1. The second-order valence-corrected chi connectivity index (χ2v) is 8.30. The molecule has 7 heteroatoms. The molecule has 1 N–H and O–H groups in total. The SMILES string of the molecule is N#C/C(=C/c1cc(Br)c(OCc2ccccc2Cl)c(Br)c1)C(=O)Nc1ccccc1. The molecule has 0 atom stereocenters. The van der Waals surface area contributed by atoms with Crippen LogP contribution in [-0.2, 0) is 11.4 Å². The predicted octanol–water partition coefficient (Wildman–Crippen LogP) is 6.99. The van der Waals surface area contributed by atoms with Gasteiger partial charge in [-0.2, -0.15) is 5.26 Å². The summed E-state index contributed by atoms with van der Waals surface area (Å²) < 4.78 is 7.26. The summed E-state index contributed by atoms with van der Waals surface area (Å²) >= 11 is 13.2. The Morgan fingerprint density at radius 3 is 2.33 bits per heavy atom. The summed E-state index contributed by atoms with van der Waals surface area (Å²) in [5, 5.41) is 12.8. The molecule has 3 aromatic carbocycles. The van der Waals surface area contributed by atoms with Crippen molar-refractivity contribution < 1.29 is 9.53 Å². The predicted molar refractivity (Wildman–Crippen MR) is 126 cm³/mol. The third kappa shape index (κ3) is 5.73. The average molecular weight is 547 g/mol. The van der Waals surface area contributed by atoms with E-state index in [4.69, 9.17) is 16.3 Å². The van der Waals surface area contributed by atoms with Gasteiger partial charge in [0.2, 0.25) is 0 Å². The van der Waals surface area contributed by atoms with Gasteiger partial charge in [-0.05, 0) is 73.8 Å². The molecular weight excluding hydrogens is 532 g/mol. The van der Waals surface area contributed by atoms with Crippen molar-refractivity contribution in [3.63, 3.8) is 0 Å². The van der Waals surface area contributed by atoms with Crippen LogP contribution in [0.5, 0.6) is 5.75 Å². The highest BCUT2D eigenvalue weighted by atomic mass is 79.9. The van der Waals surface area contributed by atoms with Crippen LogP contribution >= 0.6 is 43.5 Å². The highest BCUT2D eigenvalue weighted by molar-refractivity contribution is 9.11. The number of carbonyl (C=O) groups is 1. The van der Waals surface area contributed by atoms with E-state index in [-0.39, 0.29) is 5.57 Å². The van der Waals surface area contributed by atoms with Gasteiger partial charge in [-0.15, -0.1) is 0 Å². The molecule has 0 spiro atoms. The van der Waals surface area contributed by atoms with Crippen molar-refractivity contribution in [2.45, 2.75) is 6.61 Å². The van der Waals surface area contributed by atoms with E-state index < -0.39 is 5.91 Å². The minimum atomic E-state index is -0.477. The lowest BCUT2D eigenvalue weighted by Gasteiger charge is -2.12. The number of rotatable bonds is 6. The summed E-state index contributed by atoms with van der Waals surface area (Å²) in [6.07, 6.45) is 1.52. The van der Waals surface area contributed by atoms with E-state index in [1.807, 2.05) is 36.4 Å². The molecule has 0 heterocycles. The molecule has 4 nitrogen and oxygen atoms in total.